The number of rotatable bonds is 5. The summed E-state index contributed by atoms with van der Waals surface area (Å²) in [6, 6.07) is 11.4. The summed E-state index contributed by atoms with van der Waals surface area (Å²) in [5, 5.41) is 1.10. The van der Waals surface area contributed by atoms with Gasteiger partial charge >= 0.3 is 6.09 Å². The number of fused-ring (bicyclic) bond motifs is 1. The number of piperazine rings is 2. The lowest BCUT2D eigenvalue weighted by atomic mass is 10.1. The minimum absolute atomic E-state index is 0.00650. The highest BCUT2D eigenvalue weighted by Gasteiger charge is 2.29. The van der Waals surface area contributed by atoms with Gasteiger partial charge in [0.2, 0.25) is 0 Å². The molecular formula is C29H35ClN6O4. The van der Waals surface area contributed by atoms with Crippen LogP contribution in [0.25, 0.3) is 16.6 Å². The van der Waals surface area contributed by atoms with Gasteiger partial charge < -0.3 is 24.0 Å². The number of carbonyl (C=O) groups is 3. The first-order valence-corrected chi connectivity index (χ1v) is 14.2. The van der Waals surface area contributed by atoms with Crippen molar-refractivity contribution in [2.75, 3.05) is 59.0 Å². The van der Waals surface area contributed by atoms with Gasteiger partial charge in [0.15, 0.2) is 0 Å². The van der Waals surface area contributed by atoms with Crippen LogP contribution in [0.1, 0.15) is 41.6 Å². The smallest absolute Gasteiger partial charge is 0.409 e. The number of amides is 3. The van der Waals surface area contributed by atoms with E-state index in [-0.39, 0.29) is 17.9 Å². The van der Waals surface area contributed by atoms with Crippen LogP contribution in [-0.4, -0.2) is 112 Å². The molecular weight excluding hydrogens is 532 g/mol. The molecule has 4 heterocycles. The zero-order valence-corrected chi connectivity index (χ0v) is 23.9. The van der Waals surface area contributed by atoms with E-state index in [1.165, 1.54) is 0 Å². The molecule has 0 saturated carbocycles. The minimum atomic E-state index is -0.363. The van der Waals surface area contributed by atoms with Gasteiger partial charge in [-0.2, -0.15) is 0 Å². The lowest BCUT2D eigenvalue weighted by Gasteiger charge is -2.37. The summed E-state index contributed by atoms with van der Waals surface area (Å²) in [5.74, 6) is -0.168. The van der Waals surface area contributed by atoms with E-state index in [1.54, 1.807) is 35.1 Å². The van der Waals surface area contributed by atoms with Gasteiger partial charge in [0, 0.05) is 75.5 Å². The second kappa shape index (κ2) is 11.9. The Labute approximate surface area is 239 Å². The number of carbonyl (C=O) groups excluding carboxylic acids is 3. The molecule has 40 heavy (non-hydrogen) atoms. The molecule has 2 aliphatic rings. The molecule has 2 saturated heterocycles. The van der Waals surface area contributed by atoms with Gasteiger partial charge in [0.1, 0.15) is 10.8 Å². The van der Waals surface area contributed by atoms with E-state index in [0.29, 0.717) is 74.0 Å². The highest BCUT2D eigenvalue weighted by Crippen LogP contribution is 2.28. The monoisotopic (exact) mass is 566 g/mol. The Morgan fingerprint density at radius 2 is 1.52 bits per heavy atom. The predicted molar refractivity (Wildman–Crippen MR) is 153 cm³/mol. The van der Waals surface area contributed by atoms with Crippen molar-refractivity contribution in [2.45, 2.75) is 26.8 Å². The summed E-state index contributed by atoms with van der Waals surface area (Å²) in [7, 11) is 0. The third kappa shape index (κ3) is 5.64. The van der Waals surface area contributed by atoms with Crippen LogP contribution in [0.2, 0.25) is 5.15 Å². The molecule has 11 heteroatoms. The van der Waals surface area contributed by atoms with Crippen LogP contribution in [0.4, 0.5) is 4.79 Å². The third-order valence-corrected chi connectivity index (χ3v) is 7.87. The summed E-state index contributed by atoms with van der Waals surface area (Å²) in [6.45, 7) is 11.1. The molecule has 3 amide bonds. The van der Waals surface area contributed by atoms with Gasteiger partial charge in [0.25, 0.3) is 11.8 Å². The Balaban J connectivity index is 1.44. The number of aromatic nitrogens is 2. The highest BCUT2D eigenvalue weighted by molar-refractivity contribution is 6.29. The van der Waals surface area contributed by atoms with Gasteiger partial charge in [-0.05, 0) is 57.2 Å². The van der Waals surface area contributed by atoms with Gasteiger partial charge in [-0.15, -0.1) is 0 Å². The summed E-state index contributed by atoms with van der Waals surface area (Å²) in [4.78, 5) is 51.1. The molecule has 10 nitrogen and oxygen atoms in total. The Morgan fingerprint density at radius 1 is 0.875 bits per heavy atom. The van der Waals surface area contributed by atoms with Gasteiger partial charge in [-0.25, -0.2) is 9.78 Å². The fourth-order valence-corrected chi connectivity index (χ4v) is 5.58. The van der Waals surface area contributed by atoms with Crippen molar-refractivity contribution in [3.05, 3.63) is 59.0 Å². The molecule has 2 aliphatic heterocycles. The van der Waals surface area contributed by atoms with E-state index in [0.717, 1.165) is 24.0 Å². The molecule has 0 bridgehead atoms. The molecule has 0 atom stereocenters. The molecule has 0 N–H and O–H groups in total. The number of benzene rings is 1. The first-order valence-electron chi connectivity index (χ1n) is 13.8. The molecule has 3 aromatic rings. The number of halogens is 1. The van der Waals surface area contributed by atoms with E-state index in [1.807, 2.05) is 33.7 Å². The average Bonchev–Trinajstić information content (AvgIpc) is 3.35. The molecule has 0 unspecified atom stereocenters. The SMILES string of the molecule is CCOC(=O)N1CCN(C(=O)c2cc3cc(C(=O)N4CCN(C(C)C)CC4)ccc3n2-c2ccnc(Cl)c2)CC1. The average molecular weight is 567 g/mol. The fraction of sp³-hybridized carbons (Fsp3) is 0.448. The Morgan fingerprint density at radius 3 is 2.17 bits per heavy atom. The molecule has 0 radical (unpaired) electrons. The van der Waals surface area contributed by atoms with Crippen molar-refractivity contribution >= 4 is 40.4 Å². The zero-order chi connectivity index (χ0) is 28.4. The number of hydrogen-bond donors (Lipinski definition) is 0. The van der Waals surface area contributed by atoms with Crippen molar-refractivity contribution in [1.82, 2.24) is 29.2 Å². The minimum Gasteiger partial charge on any atom is -0.450 e. The number of nitrogens with zero attached hydrogens (tertiary/aromatic N) is 6. The Bertz CT molecular complexity index is 1410. The van der Waals surface area contributed by atoms with E-state index in [9.17, 15) is 14.4 Å². The second-order valence-electron chi connectivity index (χ2n) is 10.4. The van der Waals surface area contributed by atoms with Gasteiger partial charge in [-0.1, -0.05) is 11.6 Å². The molecule has 0 aliphatic carbocycles. The van der Waals surface area contributed by atoms with Crippen LogP contribution >= 0.6 is 11.6 Å². The zero-order valence-electron chi connectivity index (χ0n) is 23.2. The van der Waals surface area contributed by atoms with Crippen molar-refractivity contribution in [2.24, 2.45) is 0 Å². The highest BCUT2D eigenvalue weighted by atomic mass is 35.5. The third-order valence-electron chi connectivity index (χ3n) is 7.66. The summed E-state index contributed by atoms with van der Waals surface area (Å²) in [5.41, 5.74) is 2.54. The standard InChI is InChI=1S/C29H35ClN6O4/c1-4-40-29(39)35-15-13-34(14-16-35)28(38)25-18-22-17-21(27(37)33-11-9-32(10-12-33)20(2)3)5-6-24(22)36(25)23-7-8-31-26(30)19-23/h5-8,17-20H,4,9-16H2,1-3H3. The summed E-state index contributed by atoms with van der Waals surface area (Å²) >= 11 is 6.22. The van der Waals surface area contributed by atoms with Crippen molar-refractivity contribution in [3.63, 3.8) is 0 Å². The quantitative estimate of drug-likeness (QED) is 0.437. The molecule has 2 aromatic heterocycles. The number of ether oxygens (including phenoxy) is 1. The van der Waals surface area contributed by atoms with E-state index in [4.69, 9.17) is 16.3 Å². The molecule has 212 valence electrons. The number of hydrogen-bond acceptors (Lipinski definition) is 6. The van der Waals surface area contributed by atoms with Crippen molar-refractivity contribution < 1.29 is 19.1 Å². The topological polar surface area (TPSA) is 91.2 Å². The maximum absolute atomic E-state index is 13.8. The van der Waals surface area contributed by atoms with Crippen LogP contribution in [0.5, 0.6) is 0 Å². The summed E-state index contributed by atoms with van der Waals surface area (Å²) in [6.07, 6.45) is 1.24. The summed E-state index contributed by atoms with van der Waals surface area (Å²) < 4.78 is 6.97. The van der Waals surface area contributed by atoms with Crippen LogP contribution in [-0.2, 0) is 4.74 Å². The lowest BCUT2D eigenvalue weighted by molar-refractivity contribution is 0.0564. The van der Waals surface area contributed by atoms with Crippen LogP contribution in [0, 0.1) is 0 Å². The molecule has 5 rings (SSSR count). The van der Waals surface area contributed by atoms with E-state index in [2.05, 4.69) is 23.7 Å². The first-order chi connectivity index (χ1) is 19.3. The van der Waals surface area contributed by atoms with Crippen LogP contribution < -0.4 is 0 Å². The molecule has 1 aromatic carbocycles. The fourth-order valence-electron chi connectivity index (χ4n) is 5.41. The molecule has 0 spiro atoms. The maximum Gasteiger partial charge on any atom is 0.409 e. The van der Waals surface area contributed by atoms with E-state index < -0.39 is 0 Å². The van der Waals surface area contributed by atoms with Crippen LogP contribution in [0.3, 0.4) is 0 Å². The normalized spacial score (nSPS) is 16.6. The van der Waals surface area contributed by atoms with E-state index >= 15 is 0 Å². The predicted octanol–water partition coefficient (Wildman–Crippen LogP) is 3.76. The maximum atomic E-state index is 13.8. The largest absolute Gasteiger partial charge is 0.450 e. The van der Waals surface area contributed by atoms with Gasteiger partial charge in [0.05, 0.1) is 17.8 Å². The van der Waals surface area contributed by atoms with Crippen LogP contribution in [0.15, 0.2) is 42.6 Å². The lowest BCUT2D eigenvalue weighted by Crippen LogP contribution is -2.51. The number of pyridine rings is 1. The Kier molecular flexibility index (Phi) is 8.27. The molecule has 2 fully saturated rings. The Hall–Kier alpha value is -3.63. The van der Waals surface area contributed by atoms with Gasteiger partial charge in [-0.3, -0.25) is 14.5 Å². The first kappa shape index (κ1) is 27.9. The second-order valence-corrected chi connectivity index (χ2v) is 10.8. The van der Waals surface area contributed by atoms with Crippen molar-refractivity contribution in [3.8, 4) is 5.69 Å². The van der Waals surface area contributed by atoms with Crippen molar-refractivity contribution in [1.29, 1.82) is 0 Å².